The maximum Gasteiger partial charge on any atom is 0.249 e. The molecule has 4 nitrogen and oxygen atoms in total. The summed E-state index contributed by atoms with van der Waals surface area (Å²) in [5, 5.41) is 0.897. The predicted molar refractivity (Wildman–Crippen MR) is 88.4 cm³/mol. The van der Waals surface area contributed by atoms with Gasteiger partial charge in [0.2, 0.25) is 5.56 Å². The second kappa shape index (κ2) is 5.64. The molecule has 0 unspecified atom stereocenters. The minimum atomic E-state index is -0.146. The van der Waals surface area contributed by atoms with Crippen LogP contribution in [0.5, 0.6) is 5.75 Å². The summed E-state index contributed by atoms with van der Waals surface area (Å²) >= 11 is 0. The molecule has 0 amide bonds. The Labute approximate surface area is 128 Å². The van der Waals surface area contributed by atoms with Gasteiger partial charge in [-0.25, -0.2) is 4.98 Å². The highest BCUT2D eigenvalue weighted by Crippen LogP contribution is 2.33. The van der Waals surface area contributed by atoms with Crippen LogP contribution in [0.3, 0.4) is 0 Å². The van der Waals surface area contributed by atoms with Gasteiger partial charge in [-0.1, -0.05) is 19.9 Å². The molecule has 0 saturated heterocycles. The number of nitrogens with one attached hydrogen (secondary N) is 1. The number of hydrogen-bond donors (Lipinski definition) is 1. The summed E-state index contributed by atoms with van der Waals surface area (Å²) in [5.41, 5.74) is 3.67. The van der Waals surface area contributed by atoms with Gasteiger partial charge in [-0.05, 0) is 35.7 Å². The van der Waals surface area contributed by atoms with Gasteiger partial charge in [-0.3, -0.25) is 4.79 Å². The molecule has 112 valence electrons. The van der Waals surface area contributed by atoms with E-state index in [2.05, 4.69) is 35.9 Å². The molecule has 0 fully saturated rings. The van der Waals surface area contributed by atoms with Crippen molar-refractivity contribution >= 4 is 11.0 Å². The van der Waals surface area contributed by atoms with Crippen molar-refractivity contribution < 1.29 is 4.74 Å². The van der Waals surface area contributed by atoms with Gasteiger partial charge in [-0.15, -0.1) is 0 Å². The fourth-order valence-corrected chi connectivity index (χ4v) is 2.49. The van der Waals surface area contributed by atoms with Crippen LogP contribution in [-0.4, -0.2) is 17.1 Å². The van der Waals surface area contributed by atoms with Crippen molar-refractivity contribution in [1.82, 2.24) is 9.97 Å². The molecule has 1 aromatic carbocycles. The average Bonchev–Trinajstić information content (AvgIpc) is 2.53. The molecule has 0 aliphatic heterocycles. The monoisotopic (exact) mass is 294 g/mol. The van der Waals surface area contributed by atoms with Crippen LogP contribution < -0.4 is 10.3 Å². The fourth-order valence-electron chi connectivity index (χ4n) is 2.49. The number of hydrogen-bond acceptors (Lipinski definition) is 3. The third-order valence-electron chi connectivity index (χ3n) is 3.77. The SMILES string of the molecule is COc1ccc(C(C)C)cc1-c1cnc2[nH]c(=O)ccc2c1. The Morgan fingerprint density at radius 3 is 2.68 bits per heavy atom. The molecule has 2 heterocycles. The molecular weight excluding hydrogens is 276 g/mol. The standard InChI is InChI=1S/C18H18N2O2/c1-11(2)12-4-6-16(22-3)15(9-12)14-8-13-5-7-17(21)20-18(13)19-10-14/h4-11H,1-3H3,(H,19,20,21). The van der Waals surface area contributed by atoms with E-state index in [9.17, 15) is 4.79 Å². The largest absolute Gasteiger partial charge is 0.496 e. The molecule has 0 bridgehead atoms. The van der Waals surface area contributed by atoms with Crippen molar-refractivity contribution in [2.75, 3.05) is 7.11 Å². The van der Waals surface area contributed by atoms with E-state index in [-0.39, 0.29) is 5.56 Å². The number of H-pyrrole nitrogens is 1. The number of benzene rings is 1. The Kier molecular flexibility index (Phi) is 3.67. The van der Waals surface area contributed by atoms with E-state index in [0.717, 1.165) is 22.3 Å². The van der Waals surface area contributed by atoms with E-state index in [4.69, 9.17) is 4.74 Å². The van der Waals surface area contributed by atoms with Gasteiger partial charge in [0.15, 0.2) is 0 Å². The number of aromatic amines is 1. The lowest BCUT2D eigenvalue weighted by Crippen LogP contribution is -2.03. The number of ether oxygens (including phenoxy) is 1. The Morgan fingerprint density at radius 2 is 1.95 bits per heavy atom. The van der Waals surface area contributed by atoms with Crippen LogP contribution in [0.2, 0.25) is 0 Å². The molecule has 0 radical (unpaired) electrons. The maximum atomic E-state index is 11.3. The molecule has 0 aliphatic carbocycles. The summed E-state index contributed by atoms with van der Waals surface area (Å²) in [7, 11) is 1.67. The molecule has 2 aromatic heterocycles. The summed E-state index contributed by atoms with van der Waals surface area (Å²) in [6, 6.07) is 11.5. The summed E-state index contributed by atoms with van der Waals surface area (Å²) in [6.07, 6.45) is 1.76. The number of methoxy groups -OCH3 is 1. The minimum Gasteiger partial charge on any atom is -0.496 e. The molecule has 3 rings (SSSR count). The van der Waals surface area contributed by atoms with Crippen LogP contribution in [0.4, 0.5) is 0 Å². The molecule has 3 aromatic rings. The van der Waals surface area contributed by atoms with Gasteiger partial charge in [0, 0.05) is 28.8 Å². The summed E-state index contributed by atoms with van der Waals surface area (Å²) in [6.45, 7) is 4.32. The second-order valence-corrected chi connectivity index (χ2v) is 5.60. The quantitative estimate of drug-likeness (QED) is 0.801. The van der Waals surface area contributed by atoms with E-state index in [1.807, 2.05) is 12.1 Å². The summed E-state index contributed by atoms with van der Waals surface area (Å²) < 4.78 is 5.48. The van der Waals surface area contributed by atoms with Crippen molar-refractivity contribution in [3.8, 4) is 16.9 Å². The number of pyridine rings is 2. The van der Waals surface area contributed by atoms with Crippen molar-refractivity contribution in [1.29, 1.82) is 0 Å². The third kappa shape index (κ3) is 2.60. The summed E-state index contributed by atoms with van der Waals surface area (Å²) in [5.74, 6) is 1.25. The highest BCUT2D eigenvalue weighted by molar-refractivity contribution is 5.82. The van der Waals surface area contributed by atoms with E-state index in [0.29, 0.717) is 11.6 Å². The normalized spacial score (nSPS) is 11.1. The van der Waals surface area contributed by atoms with Gasteiger partial charge < -0.3 is 9.72 Å². The van der Waals surface area contributed by atoms with Crippen LogP contribution in [0.25, 0.3) is 22.2 Å². The zero-order valence-corrected chi connectivity index (χ0v) is 12.9. The number of nitrogens with zero attached hydrogens (tertiary/aromatic N) is 1. The first kappa shape index (κ1) is 14.3. The number of rotatable bonds is 3. The van der Waals surface area contributed by atoms with Crippen molar-refractivity contribution in [3.05, 3.63) is 58.5 Å². The molecule has 22 heavy (non-hydrogen) atoms. The lowest BCUT2D eigenvalue weighted by Gasteiger charge is -2.13. The Balaban J connectivity index is 2.19. The number of fused-ring (bicyclic) bond motifs is 1. The first-order valence-electron chi connectivity index (χ1n) is 7.26. The topological polar surface area (TPSA) is 55.0 Å². The fraction of sp³-hybridized carbons (Fsp3) is 0.222. The van der Waals surface area contributed by atoms with E-state index in [1.165, 1.54) is 11.6 Å². The minimum absolute atomic E-state index is 0.146. The second-order valence-electron chi connectivity index (χ2n) is 5.60. The van der Waals surface area contributed by atoms with Crippen LogP contribution in [0.1, 0.15) is 25.3 Å². The van der Waals surface area contributed by atoms with E-state index >= 15 is 0 Å². The van der Waals surface area contributed by atoms with E-state index < -0.39 is 0 Å². The van der Waals surface area contributed by atoms with Crippen molar-refractivity contribution in [2.45, 2.75) is 19.8 Å². The highest BCUT2D eigenvalue weighted by atomic mass is 16.5. The molecule has 0 spiro atoms. The lowest BCUT2D eigenvalue weighted by molar-refractivity contribution is 0.416. The van der Waals surface area contributed by atoms with Crippen LogP contribution in [0.15, 0.2) is 47.4 Å². The zero-order valence-electron chi connectivity index (χ0n) is 12.9. The lowest BCUT2D eigenvalue weighted by atomic mass is 9.97. The van der Waals surface area contributed by atoms with Crippen molar-refractivity contribution in [3.63, 3.8) is 0 Å². The maximum absolute atomic E-state index is 11.3. The van der Waals surface area contributed by atoms with Gasteiger partial charge in [0.1, 0.15) is 11.4 Å². The van der Waals surface area contributed by atoms with Crippen molar-refractivity contribution in [2.24, 2.45) is 0 Å². The first-order chi connectivity index (χ1) is 10.6. The molecule has 0 aliphatic rings. The molecule has 1 N–H and O–H groups in total. The predicted octanol–water partition coefficient (Wildman–Crippen LogP) is 3.72. The van der Waals surface area contributed by atoms with Gasteiger partial charge >= 0.3 is 0 Å². The van der Waals surface area contributed by atoms with Gasteiger partial charge in [-0.2, -0.15) is 0 Å². The summed E-state index contributed by atoms with van der Waals surface area (Å²) in [4.78, 5) is 18.4. The Bertz CT molecular complexity index is 882. The molecule has 0 saturated carbocycles. The first-order valence-corrected chi connectivity index (χ1v) is 7.26. The molecule has 0 atom stereocenters. The smallest absolute Gasteiger partial charge is 0.249 e. The van der Waals surface area contributed by atoms with Crippen LogP contribution in [0, 0.1) is 0 Å². The Morgan fingerprint density at radius 1 is 1.14 bits per heavy atom. The molecular formula is C18H18N2O2. The highest BCUT2D eigenvalue weighted by Gasteiger charge is 2.10. The zero-order chi connectivity index (χ0) is 15.7. The molecule has 4 heteroatoms. The average molecular weight is 294 g/mol. The van der Waals surface area contributed by atoms with Crippen LogP contribution in [-0.2, 0) is 0 Å². The van der Waals surface area contributed by atoms with Crippen LogP contribution >= 0.6 is 0 Å². The number of aromatic nitrogens is 2. The third-order valence-corrected chi connectivity index (χ3v) is 3.77. The van der Waals surface area contributed by atoms with E-state index in [1.54, 1.807) is 19.4 Å². The Hall–Kier alpha value is -2.62. The van der Waals surface area contributed by atoms with Gasteiger partial charge in [0.05, 0.1) is 7.11 Å². The van der Waals surface area contributed by atoms with Gasteiger partial charge in [0.25, 0.3) is 0 Å².